The van der Waals surface area contributed by atoms with E-state index >= 15 is 0 Å². The Hall–Kier alpha value is -0.677. The van der Waals surface area contributed by atoms with Crippen LogP contribution in [0.3, 0.4) is 0 Å². The van der Waals surface area contributed by atoms with Crippen LogP contribution in [0.15, 0.2) is 54.6 Å². The Morgan fingerprint density at radius 2 is 1.67 bits per heavy atom. The average molecular weight is 245 g/mol. The molecule has 2 aromatic rings. The number of hydrogen-bond acceptors (Lipinski definition) is 0. The molecule has 0 saturated carbocycles. The zero-order valence-electron chi connectivity index (χ0n) is 7.05. The van der Waals surface area contributed by atoms with Gasteiger partial charge in [0.1, 0.15) is 0 Å². The van der Waals surface area contributed by atoms with Gasteiger partial charge in [-0.1, -0.05) is 6.92 Å². The molecule has 1 heteroatoms. The average Bonchev–Trinajstić information content (AvgIpc) is 2.57. The minimum atomic E-state index is 0. The molecule has 0 spiro atoms. The maximum atomic E-state index is 2.08. The number of rotatable bonds is 0. The molecule has 0 bridgehead atoms. The molecule has 2 aromatic carbocycles. The second kappa shape index (κ2) is 7.00. The van der Waals surface area contributed by atoms with Crippen molar-refractivity contribution in [3.8, 4) is 0 Å². The van der Waals surface area contributed by atoms with E-state index in [-0.39, 0.29) is 19.5 Å². The van der Waals surface area contributed by atoms with Crippen molar-refractivity contribution < 1.29 is 19.5 Å². The van der Waals surface area contributed by atoms with Gasteiger partial charge in [0, 0.05) is 0 Å². The summed E-state index contributed by atoms with van der Waals surface area (Å²) in [5.74, 6) is 0. The maximum absolute atomic E-state index is 2.08. The molecule has 0 aliphatic rings. The molecular formula is C11H12Ru. The van der Waals surface area contributed by atoms with Crippen LogP contribution < -0.4 is 0 Å². The third-order valence-electron chi connectivity index (χ3n) is 1.38. The fourth-order valence-electron chi connectivity index (χ4n) is 0.791. The van der Waals surface area contributed by atoms with E-state index in [1.807, 2.05) is 42.5 Å². The van der Waals surface area contributed by atoms with Crippen LogP contribution in [0.1, 0.15) is 5.56 Å². The van der Waals surface area contributed by atoms with E-state index in [1.165, 1.54) is 5.56 Å². The topological polar surface area (TPSA) is 0 Å². The van der Waals surface area contributed by atoms with E-state index in [9.17, 15) is 0 Å². The van der Waals surface area contributed by atoms with Gasteiger partial charge in [-0.3, -0.25) is 0 Å². The molecule has 2 rings (SSSR count). The van der Waals surface area contributed by atoms with Crippen molar-refractivity contribution in [2.24, 2.45) is 0 Å². The standard InChI is InChI=1S/C6H7.C5H5.Ru/c1-6-4-2-3-5-6;1-2-4-5-3-1;/h2-5H,1H3;1-5H;/q2*-1;+2. The molecule has 0 unspecified atom stereocenters. The van der Waals surface area contributed by atoms with Crippen molar-refractivity contribution in [1.82, 2.24) is 0 Å². The molecule has 0 heterocycles. The Morgan fingerprint density at radius 1 is 1.00 bits per heavy atom. The Balaban J connectivity index is 0.000000189. The summed E-state index contributed by atoms with van der Waals surface area (Å²) in [6.45, 7) is 2.08. The first-order valence-corrected chi connectivity index (χ1v) is 3.74. The van der Waals surface area contributed by atoms with Crippen molar-refractivity contribution in [3.63, 3.8) is 0 Å². The van der Waals surface area contributed by atoms with Crippen LogP contribution in [0, 0.1) is 6.92 Å². The molecule has 0 aromatic heterocycles. The molecule has 0 aliphatic heterocycles. The van der Waals surface area contributed by atoms with Gasteiger partial charge in [-0.05, 0) is 0 Å². The van der Waals surface area contributed by atoms with Crippen molar-refractivity contribution in [1.29, 1.82) is 0 Å². The van der Waals surface area contributed by atoms with E-state index in [2.05, 4.69) is 19.1 Å². The third kappa shape index (κ3) is 5.04. The van der Waals surface area contributed by atoms with Crippen LogP contribution in [-0.2, 0) is 19.5 Å². The van der Waals surface area contributed by atoms with Crippen LogP contribution in [0.25, 0.3) is 0 Å². The SMILES string of the molecule is Cc1ccc[cH-]1.[Ru+2].c1cc[cH-]c1. The van der Waals surface area contributed by atoms with Crippen LogP contribution in [-0.4, -0.2) is 0 Å². The first-order valence-electron chi connectivity index (χ1n) is 3.74. The Labute approximate surface area is 86.7 Å². The summed E-state index contributed by atoms with van der Waals surface area (Å²) in [5.41, 5.74) is 1.34. The van der Waals surface area contributed by atoms with Gasteiger partial charge in [0.25, 0.3) is 0 Å². The van der Waals surface area contributed by atoms with Gasteiger partial charge in [-0.15, -0.1) is 0 Å². The zero-order chi connectivity index (χ0) is 7.94. The van der Waals surface area contributed by atoms with Crippen LogP contribution in [0.5, 0.6) is 0 Å². The maximum Gasteiger partial charge on any atom is 2.00 e. The predicted octanol–water partition coefficient (Wildman–Crippen LogP) is 3.12. The zero-order valence-corrected chi connectivity index (χ0v) is 8.79. The van der Waals surface area contributed by atoms with Gasteiger partial charge in [0.15, 0.2) is 0 Å². The van der Waals surface area contributed by atoms with Crippen molar-refractivity contribution >= 4 is 0 Å². The summed E-state index contributed by atoms with van der Waals surface area (Å²) in [4.78, 5) is 0. The summed E-state index contributed by atoms with van der Waals surface area (Å²) in [5, 5.41) is 0. The minimum absolute atomic E-state index is 0. The molecule has 0 saturated heterocycles. The van der Waals surface area contributed by atoms with Gasteiger partial charge >= 0.3 is 19.5 Å². The first-order chi connectivity index (χ1) is 5.39. The Bertz CT molecular complexity index is 223. The normalized spacial score (nSPS) is 7.75. The summed E-state index contributed by atoms with van der Waals surface area (Å²) in [6.07, 6.45) is 0. The van der Waals surface area contributed by atoms with E-state index in [0.717, 1.165) is 0 Å². The monoisotopic (exact) mass is 246 g/mol. The second-order valence-electron chi connectivity index (χ2n) is 2.42. The molecule has 0 fully saturated rings. The van der Waals surface area contributed by atoms with E-state index in [4.69, 9.17) is 0 Å². The van der Waals surface area contributed by atoms with Gasteiger partial charge in [-0.2, -0.15) is 35.9 Å². The molecule has 0 nitrogen and oxygen atoms in total. The van der Waals surface area contributed by atoms with Crippen molar-refractivity contribution in [2.75, 3.05) is 0 Å². The fourth-order valence-corrected chi connectivity index (χ4v) is 0.791. The molecule has 0 amide bonds. The number of hydrogen-bond donors (Lipinski definition) is 0. The Kier molecular flexibility index (Phi) is 6.60. The quantitative estimate of drug-likeness (QED) is 0.494. The third-order valence-corrected chi connectivity index (χ3v) is 1.38. The molecule has 0 atom stereocenters. The molecule has 0 aliphatic carbocycles. The summed E-state index contributed by atoms with van der Waals surface area (Å²) < 4.78 is 0. The van der Waals surface area contributed by atoms with E-state index < -0.39 is 0 Å². The fraction of sp³-hybridized carbons (Fsp3) is 0.0909. The second-order valence-corrected chi connectivity index (χ2v) is 2.42. The van der Waals surface area contributed by atoms with Crippen LogP contribution >= 0.6 is 0 Å². The van der Waals surface area contributed by atoms with Gasteiger partial charge in [0.2, 0.25) is 0 Å². The van der Waals surface area contributed by atoms with Crippen molar-refractivity contribution in [3.05, 3.63) is 60.2 Å². The molecular weight excluding hydrogens is 233 g/mol. The number of aryl methyl sites for hydroxylation is 1. The van der Waals surface area contributed by atoms with Crippen LogP contribution in [0.4, 0.5) is 0 Å². The summed E-state index contributed by atoms with van der Waals surface area (Å²) >= 11 is 0. The van der Waals surface area contributed by atoms with Gasteiger partial charge in [0.05, 0.1) is 0 Å². The molecule has 0 radical (unpaired) electrons. The largest absolute Gasteiger partial charge is 2.00 e. The predicted molar refractivity (Wildman–Crippen MR) is 48.8 cm³/mol. The smallest absolute Gasteiger partial charge is 0.214 e. The summed E-state index contributed by atoms with van der Waals surface area (Å²) in [7, 11) is 0. The molecule has 64 valence electrons. The summed E-state index contributed by atoms with van der Waals surface area (Å²) in [6, 6.07) is 18.2. The molecule has 12 heavy (non-hydrogen) atoms. The van der Waals surface area contributed by atoms with Crippen molar-refractivity contribution in [2.45, 2.75) is 6.92 Å². The van der Waals surface area contributed by atoms with Gasteiger partial charge in [-0.25, -0.2) is 24.3 Å². The van der Waals surface area contributed by atoms with E-state index in [1.54, 1.807) is 0 Å². The minimum Gasteiger partial charge on any atom is -0.214 e. The van der Waals surface area contributed by atoms with Crippen LogP contribution in [0.2, 0.25) is 0 Å². The first kappa shape index (κ1) is 11.3. The van der Waals surface area contributed by atoms with E-state index in [0.29, 0.717) is 0 Å². The van der Waals surface area contributed by atoms with Gasteiger partial charge < -0.3 is 0 Å². The molecule has 0 N–H and O–H groups in total. The Morgan fingerprint density at radius 3 is 1.83 bits per heavy atom.